The van der Waals surface area contributed by atoms with Crippen molar-refractivity contribution in [3.63, 3.8) is 0 Å². The lowest BCUT2D eigenvalue weighted by molar-refractivity contribution is -0.132. The molecule has 1 N–H and O–H groups in total. The van der Waals surface area contributed by atoms with Crippen molar-refractivity contribution in [3.8, 4) is 0 Å². The number of hydrogen-bond acceptors (Lipinski definition) is 3. The summed E-state index contributed by atoms with van der Waals surface area (Å²) in [7, 11) is 0. The maximum absolute atomic E-state index is 13.0. The van der Waals surface area contributed by atoms with Crippen LogP contribution in [-0.4, -0.2) is 53.8 Å². The Balaban J connectivity index is 1.69. The number of benzene rings is 1. The first-order valence-electron chi connectivity index (χ1n) is 10.5. The van der Waals surface area contributed by atoms with Crippen molar-refractivity contribution in [1.29, 1.82) is 0 Å². The molecule has 0 unspecified atom stereocenters. The third-order valence-electron chi connectivity index (χ3n) is 5.99. The zero-order valence-corrected chi connectivity index (χ0v) is 16.8. The van der Waals surface area contributed by atoms with Gasteiger partial charge in [-0.05, 0) is 51.2 Å². The predicted octanol–water partition coefficient (Wildman–Crippen LogP) is 3.82. The minimum atomic E-state index is 0.0835. The molecule has 148 valence electrons. The zero-order chi connectivity index (χ0) is 19.2. The number of likely N-dealkylation sites (tertiary alicyclic amines) is 1. The topological polar surface area (TPSA) is 52.7 Å². The normalized spacial score (nSPS) is 17.8. The third kappa shape index (κ3) is 4.63. The van der Waals surface area contributed by atoms with E-state index in [-0.39, 0.29) is 18.4 Å². The van der Waals surface area contributed by atoms with Crippen LogP contribution in [-0.2, 0) is 4.79 Å². The van der Waals surface area contributed by atoms with E-state index in [1.807, 2.05) is 34.9 Å². The molecule has 0 radical (unpaired) electrons. The summed E-state index contributed by atoms with van der Waals surface area (Å²) in [5.74, 6) is 0.214. The van der Waals surface area contributed by atoms with E-state index in [1.165, 1.54) is 19.3 Å². The van der Waals surface area contributed by atoms with E-state index in [1.54, 1.807) is 0 Å². The number of nitrogens with zero attached hydrogens (tertiary/aromatic N) is 2. The van der Waals surface area contributed by atoms with Gasteiger partial charge < -0.3 is 15.1 Å². The number of rotatable bonds is 6. The van der Waals surface area contributed by atoms with Crippen LogP contribution >= 0.6 is 0 Å². The molecule has 2 amide bonds. The SMILES string of the molecule is CCN(C(=O)CNc1cccc(C)c1C(=O)N1CCCC1)C1CCCCC1. The number of anilines is 1. The summed E-state index contributed by atoms with van der Waals surface area (Å²) in [6.07, 6.45) is 8.09. The first-order valence-corrected chi connectivity index (χ1v) is 10.5. The third-order valence-corrected chi connectivity index (χ3v) is 5.99. The fourth-order valence-electron chi connectivity index (χ4n) is 4.48. The summed E-state index contributed by atoms with van der Waals surface area (Å²) in [6.45, 7) is 6.68. The number of likely N-dealkylation sites (N-methyl/N-ethyl adjacent to an activating group) is 1. The number of nitrogens with one attached hydrogen (secondary N) is 1. The number of aryl methyl sites for hydroxylation is 1. The van der Waals surface area contributed by atoms with Crippen LogP contribution in [0.15, 0.2) is 18.2 Å². The number of hydrogen-bond donors (Lipinski definition) is 1. The Hall–Kier alpha value is -2.04. The van der Waals surface area contributed by atoms with Crippen LogP contribution in [0, 0.1) is 6.92 Å². The highest BCUT2D eigenvalue weighted by molar-refractivity contribution is 6.01. The van der Waals surface area contributed by atoms with Crippen molar-refractivity contribution >= 4 is 17.5 Å². The molecule has 27 heavy (non-hydrogen) atoms. The molecule has 1 aliphatic heterocycles. The van der Waals surface area contributed by atoms with Gasteiger partial charge in [-0.1, -0.05) is 31.4 Å². The van der Waals surface area contributed by atoms with Crippen LogP contribution in [0.5, 0.6) is 0 Å². The summed E-state index contributed by atoms with van der Waals surface area (Å²) in [6, 6.07) is 6.21. The molecule has 1 aromatic rings. The molecule has 3 rings (SSSR count). The first-order chi connectivity index (χ1) is 13.1. The Labute approximate surface area is 163 Å². The minimum Gasteiger partial charge on any atom is -0.375 e. The van der Waals surface area contributed by atoms with E-state index >= 15 is 0 Å². The van der Waals surface area contributed by atoms with Crippen molar-refractivity contribution in [2.75, 3.05) is 31.5 Å². The highest BCUT2D eigenvalue weighted by Gasteiger charge is 2.26. The molecule has 0 bridgehead atoms. The van der Waals surface area contributed by atoms with Gasteiger partial charge in [0.2, 0.25) is 5.91 Å². The number of carbonyl (C=O) groups is 2. The maximum atomic E-state index is 13.0. The van der Waals surface area contributed by atoms with Gasteiger partial charge in [-0.15, -0.1) is 0 Å². The molecule has 0 spiro atoms. The van der Waals surface area contributed by atoms with Crippen molar-refractivity contribution in [3.05, 3.63) is 29.3 Å². The second-order valence-corrected chi connectivity index (χ2v) is 7.82. The quantitative estimate of drug-likeness (QED) is 0.827. The second-order valence-electron chi connectivity index (χ2n) is 7.82. The lowest BCUT2D eigenvalue weighted by Gasteiger charge is -2.34. The largest absolute Gasteiger partial charge is 0.375 e. The zero-order valence-electron chi connectivity index (χ0n) is 16.8. The van der Waals surface area contributed by atoms with E-state index in [0.29, 0.717) is 11.6 Å². The molecule has 5 nitrogen and oxygen atoms in total. The predicted molar refractivity (Wildman–Crippen MR) is 109 cm³/mol. The molecule has 1 aromatic carbocycles. The van der Waals surface area contributed by atoms with Gasteiger partial charge in [-0.25, -0.2) is 0 Å². The van der Waals surface area contributed by atoms with E-state index in [9.17, 15) is 9.59 Å². The van der Waals surface area contributed by atoms with Crippen LogP contribution in [0.1, 0.15) is 67.8 Å². The Morgan fingerprint density at radius 2 is 1.81 bits per heavy atom. The van der Waals surface area contributed by atoms with Gasteiger partial charge in [0, 0.05) is 31.4 Å². The van der Waals surface area contributed by atoms with E-state index in [4.69, 9.17) is 0 Å². The maximum Gasteiger partial charge on any atom is 0.256 e. The first kappa shape index (κ1) is 19.7. The highest BCUT2D eigenvalue weighted by atomic mass is 16.2. The average molecular weight is 372 g/mol. The molecule has 2 fully saturated rings. The highest BCUT2D eigenvalue weighted by Crippen LogP contribution is 2.25. The molecule has 1 saturated heterocycles. The number of amides is 2. The molecule has 0 aromatic heterocycles. The smallest absolute Gasteiger partial charge is 0.256 e. The molecule has 1 heterocycles. The average Bonchev–Trinajstić information content (AvgIpc) is 3.22. The Morgan fingerprint density at radius 3 is 2.48 bits per heavy atom. The molecule has 2 aliphatic rings. The van der Waals surface area contributed by atoms with E-state index < -0.39 is 0 Å². The number of carbonyl (C=O) groups excluding carboxylic acids is 2. The van der Waals surface area contributed by atoms with Gasteiger partial charge in [0.1, 0.15) is 0 Å². The van der Waals surface area contributed by atoms with Crippen molar-refractivity contribution in [2.45, 2.75) is 64.8 Å². The monoisotopic (exact) mass is 371 g/mol. The fourth-order valence-corrected chi connectivity index (χ4v) is 4.48. The fraction of sp³-hybridized carbons (Fsp3) is 0.636. The van der Waals surface area contributed by atoms with Gasteiger partial charge in [-0.3, -0.25) is 9.59 Å². The van der Waals surface area contributed by atoms with Crippen molar-refractivity contribution in [2.24, 2.45) is 0 Å². The van der Waals surface area contributed by atoms with Gasteiger partial charge in [0.15, 0.2) is 0 Å². The second kappa shape index (κ2) is 9.25. The summed E-state index contributed by atoms with van der Waals surface area (Å²) in [4.78, 5) is 29.7. The van der Waals surface area contributed by atoms with Crippen LogP contribution in [0.4, 0.5) is 5.69 Å². The summed E-state index contributed by atoms with van der Waals surface area (Å²) < 4.78 is 0. The van der Waals surface area contributed by atoms with Crippen molar-refractivity contribution < 1.29 is 9.59 Å². The summed E-state index contributed by atoms with van der Waals surface area (Å²) in [5.41, 5.74) is 2.46. The molecule has 1 saturated carbocycles. The lowest BCUT2D eigenvalue weighted by atomic mass is 9.94. The van der Waals surface area contributed by atoms with Gasteiger partial charge in [0.05, 0.1) is 12.1 Å². The minimum absolute atomic E-state index is 0.0835. The Bertz CT molecular complexity index is 662. The summed E-state index contributed by atoms with van der Waals surface area (Å²) >= 11 is 0. The molecule has 0 atom stereocenters. The molecular formula is C22H33N3O2. The molecule has 1 aliphatic carbocycles. The van der Waals surface area contributed by atoms with Gasteiger partial charge in [-0.2, -0.15) is 0 Å². The van der Waals surface area contributed by atoms with Crippen LogP contribution in [0.2, 0.25) is 0 Å². The van der Waals surface area contributed by atoms with Crippen LogP contribution in [0.25, 0.3) is 0 Å². The van der Waals surface area contributed by atoms with E-state index in [0.717, 1.165) is 56.6 Å². The Morgan fingerprint density at radius 1 is 1.11 bits per heavy atom. The van der Waals surface area contributed by atoms with Gasteiger partial charge in [0.25, 0.3) is 5.91 Å². The lowest BCUT2D eigenvalue weighted by Crippen LogP contribution is -2.44. The summed E-state index contributed by atoms with van der Waals surface area (Å²) in [5, 5.41) is 3.27. The molecule has 5 heteroatoms. The van der Waals surface area contributed by atoms with Gasteiger partial charge >= 0.3 is 0 Å². The van der Waals surface area contributed by atoms with E-state index in [2.05, 4.69) is 12.2 Å². The van der Waals surface area contributed by atoms with Crippen LogP contribution < -0.4 is 5.32 Å². The van der Waals surface area contributed by atoms with Crippen LogP contribution in [0.3, 0.4) is 0 Å². The van der Waals surface area contributed by atoms with Crippen molar-refractivity contribution in [1.82, 2.24) is 9.80 Å². The standard InChI is InChI=1S/C22H33N3O2/c1-3-25(18-11-5-4-6-12-18)20(26)16-23-19-13-9-10-17(2)21(19)22(27)24-14-7-8-15-24/h9-10,13,18,23H,3-8,11-12,14-16H2,1-2H3. The Kier molecular flexibility index (Phi) is 6.75. The molecular weight excluding hydrogens is 338 g/mol.